The average molecular weight is 343 g/mol. The quantitative estimate of drug-likeness (QED) is 0.652. The Kier molecular flexibility index (Phi) is 4.14. The molecule has 3 amide bonds. The van der Waals surface area contributed by atoms with Crippen LogP contribution in [-0.4, -0.2) is 59.9 Å². The Labute approximate surface area is 145 Å². The maximum atomic E-state index is 12.6. The summed E-state index contributed by atoms with van der Waals surface area (Å²) in [6.45, 7) is 4.12. The van der Waals surface area contributed by atoms with Crippen LogP contribution >= 0.6 is 0 Å². The molecule has 1 aromatic rings. The molecule has 3 heterocycles. The number of nitrogens with one attached hydrogen (secondary N) is 3. The summed E-state index contributed by atoms with van der Waals surface area (Å²) in [5.74, 6) is -0.789. The summed E-state index contributed by atoms with van der Waals surface area (Å²) in [4.78, 5) is 37.6. The molecule has 132 valence electrons. The zero-order valence-electron chi connectivity index (χ0n) is 13.9. The highest BCUT2D eigenvalue weighted by Crippen LogP contribution is 2.29. The second-order valence-electron chi connectivity index (χ2n) is 6.62. The van der Waals surface area contributed by atoms with Gasteiger partial charge in [0.15, 0.2) is 0 Å². The van der Waals surface area contributed by atoms with Gasteiger partial charge in [-0.3, -0.25) is 19.7 Å². The molecule has 0 spiro atoms. The first-order valence-corrected chi connectivity index (χ1v) is 8.62. The Hall–Kier alpha value is -2.45. The molecule has 2 fully saturated rings. The molecular weight excluding hydrogens is 322 g/mol. The van der Waals surface area contributed by atoms with Crippen molar-refractivity contribution in [1.82, 2.24) is 20.5 Å². The fraction of sp³-hybridized carbons (Fsp3) is 0.471. The number of amides is 3. The van der Waals surface area contributed by atoms with E-state index < -0.39 is 6.04 Å². The molecule has 1 unspecified atom stereocenters. The third-order valence-corrected chi connectivity index (χ3v) is 4.93. The lowest BCUT2D eigenvalue weighted by Gasteiger charge is -2.29. The number of hydrazine groups is 1. The van der Waals surface area contributed by atoms with Crippen molar-refractivity contribution in [3.05, 3.63) is 29.3 Å². The number of anilines is 1. The van der Waals surface area contributed by atoms with Gasteiger partial charge in [-0.05, 0) is 30.2 Å². The number of piperazine rings is 1. The summed E-state index contributed by atoms with van der Waals surface area (Å²) in [6, 6.07) is 5.12. The lowest BCUT2D eigenvalue weighted by molar-refractivity contribution is -0.136. The highest BCUT2D eigenvalue weighted by atomic mass is 16.2. The van der Waals surface area contributed by atoms with Crippen molar-refractivity contribution < 1.29 is 14.4 Å². The van der Waals surface area contributed by atoms with Crippen molar-refractivity contribution in [2.75, 3.05) is 31.6 Å². The summed E-state index contributed by atoms with van der Waals surface area (Å²) in [6.07, 6.45) is 0.655. The first-order valence-electron chi connectivity index (χ1n) is 8.62. The van der Waals surface area contributed by atoms with E-state index in [1.807, 2.05) is 18.2 Å². The van der Waals surface area contributed by atoms with Crippen LogP contribution in [0.2, 0.25) is 0 Å². The predicted molar refractivity (Wildman–Crippen MR) is 90.6 cm³/mol. The van der Waals surface area contributed by atoms with Gasteiger partial charge in [0.1, 0.15) is 6.04 Å². The molecular formula is C17H21N5O3. The standard InChI is InChI=1S/C17H21N5O3/c23-15-4-3-14(16(24)19-15)22-10-11-9-12(1-2-13(11)17(22)25)20-21-7-5-18-6-8-21/h1-2,9,14,18,20H,3-8,10H2,(H,19,23,24). The van der Waals surface area contributed by atoms with Crippen LogP contribution in [0.5, 0.6) is 0 Å². The van der Waals surface area contributed by atoms with Crippen molar-refractivity contribution in [3.63, 3.8) is 0 Å². The van der Waals surface area contributed by atoms with Gasteiger partial charge in [0.05, 0.1) is 0 Å². The largest absolute Gasteiger partial charge is 0.322 e. The van der Waals surface area contributed by atoms with Gasteiger partial charge in [0.2, 0.25) is 11.8 Å². The number of rotatable bonds is 3. The molecule has 0 bridgehead atoms. The van der Waals surface area contributed by atoms with Crippen molar-refractivity contribution in [2.24, 2.45) is 0 Å². The summed E-state index contributed by atoms with van der Waals surface area (Å²) in [5, 5.41) is 7.77. The van der Waals surface area contributed by atoms with Crippen LogP contribution < -0.4 is 16.1 Å². The molecule has 0 aliphatic carbocycles. The molecule has 0 saturated carbocycles. The maximum Gasteiger partial charge on any atom is 0.255 e. The molecule has 25 heavy (non-hydrogen) atoms. The lowest BCUT2D eigenvalue weighted by Crippen LogP contribution is -2.52. The van der Waals surface area contributed by atoms with Crippen LogP contribution in [0.4, 0.5) is 5.69 Å². The highest BCUT2D eigenvalue weighted by Gasteiger charge is 2.39. The lowest BCUT2D eigenvalue weighted by atomic mass is 10.0. The van der Waals surface area contributed by atoms with E-state index in [-0.39, 0.29) is 24.1 Å². The van der Waals surface area contributed by atoms with Crippen molar-refractivity contribution in [1.29, 1.82) is 0 Å². The number of benzene rings is 1. The first-order chi connectivity index (χ1) is 12.1. The molecule has 4 rings (SSSR count). The minimum Gasteiger partial charge on any atom is -0.322 e. The molecule has 0 radical (unpaired) electrons. The van der Waals surface area contributed by atoms with Crippen molar-refractivity contribution in [3.8, 4) is 0 Å². The molecule has 8 nitrogen and oxygen atoms in total. The number of hydrogen-bond donors (Lipinski definition) is 3. The maximum absolute atomic E-state index is 12.6. The van der Waals surface area contributed by atoms with E-state index in [9.17, 15) is 14.4 Å². The van der Waals surface area contributed by atoms with Gasteiger partial charge < -0.3 is 15.6 Å². The van der Waals surface area contributed by atoms with E-state index in [4.69, 9.17) is 0 Å². The zero-order valence-corrected chi connectivity index (χ0v) is 13.9. The molecule has 1 aromatic carbocycles. The second-order valence-corrected chi connectivity index (χ2v) is 6.62. The van der Waals surface area contributed by atoms with Crippen LogP contribution in [0.3, 0.4) is 0 Å². The first kappa shape index (κ1) is 16.0. The number of carbonyl (C=O) groups excluding carboxylic acids is 3. The number of hydrogen-bond acceptors (Lipinski definition) is 6. The summed E-state index contributed by atoms with van der Waals surface area (Å²) >= 11 is 0. The minimum atomic E-state index is -0.567. The molecule has 3 N–H and O–H groups in total. The van der Waals surface area contributed by atoms with Gasteiger partial charge in [-0.2, -0.15) is 0 Å². The summed E-state index contributed by atoms with van der Waals surface area (Å²) in [5.41, 5.74) is 5.86. The number of carbonyl (C=O) groups is 3. The summed E-state index contributed by atoms with van der Waals surface area (Å²) < 4.78 is 0. The molecule has 2 saturated heterocycles. The smallest absolute Gasteiger partial charge is 0.255 e. The normalized spacial score (nSPS) is 24.2. The molecule has 3 aliphatic rings. The Bertz CT molecular complexity index is 729. The van der Waals surface area contributed by atoms with E-state index >= 15 is 0 Å². The van der Waals surface area contributed by atoms with Crippen molar-refractivity contribution >= 4 is 23.4 Å². The zero-order chi connectivity index (χ0) is 17.4. The van der Waals surface area contributed by atoms with Crippen LogP contribution in [0.25, 0.3) is 0 Å². The average Bonchev–Trinajstić information content (AvgIpc) is 2.92. The van der Waals surface area contributed by atoms with E-state index in [2.05, 4.69) is 21.1 Å². The van der Waals surface area contributed by atoms with E-state index in [1.165, 1.54) is 0 Å². The van der Waals surface area contributed by atoms with Gasteiger partial charge in [-0.1, -0.05) is 0 Å². The monoisotopic (exact) mass is 343 g/mol. The number of piperidine rings is 1. The minimum absolute atomic E-state index is 0.141. The number of nitrogens with zero attached hydrogens (tertiary/aromatic N) is 2. The van der Waals surface area contributed by atoms with Gasteiger partial charge in [0.25, 0.3) is 5.91 Å². The second kappa shape index (κ2) is 6.45. The van der Waals surface area contributed by atoms with Gasteiger partial charge >= 0.3 is 0 Å². The van der Waals surface area contributed by atoms with Gasteiger partial charge in [0, 0.05) is 50.4 Å². The van der Waals surface area contributed by atoms with Crippen LogP contribution in [0.1, 0.15) is 28.8 Å². The van der Waals surface area contributed by atoms with Crippen molar-refractivity contribution in [2.45, 2.75) is 25.4 Å². The fourth-order valence-corrected chi connectivity index (χ4v) is 3.60. The molecule has 0 aromatic heterocycles. The van der Waals surface area contributed by atoms with Gasteiger partial charge in [-0.25, -0.2) is 5.01 Å². The highest BCUT2D eigenvalue weighted by molar-refractivity contribution is 6.05. The Morgan fingerprint density at radius 2 is 1.92 bits per heavy atom. The Morgan fingerprint density at radius 3 is 2.68 bits per heavy atom. The third-order valence-electron chi connectivity index (χ3n) is 4.93. The van der Waals surface area contributed by atoms with E-state index in [0.29, 0.717) is 18.5 Å². The Morgan fingerprint density at radius 1 is 1.12 bits per heavy atom. The predicted octanol–water partition coefficient (Wildman–Crippen LogP) is -0.320. The molecule has 1 atom stereocenters. The van der Waals surface area contributed by atoms with E-state index in [1.54, 1.807) is 4.90 Å². The van der Waals surface area contributed by atoms with Crippen LogP contribution in [0, 0.1) is 0 Å². The Balaban J connectivity index is 1.49. The van der Waals surface area contributed by atoms with Crippen LogP contribution in [-0.2, 0) is 16.1 Å². The molecule has 8 heteroatoms. The SMILES string of the molecule is O=C1CCC(N2Cc3cc(NN4CCNCC4)ccc3C2=O)C(=O)N1. The van der Waals surface area contributed by atoms with Gasteiger partial charge in [-0.15, -0.1) is 0 Å². The third kappa shape index (κ3) is 3.10. The topological polar surface area (TPSA) is 93.8 Å². The van der Waals surface area contributed by atoms with Crippen LogP contribution in [0.15, 0.2) is 18.2 Å². The molecule has 3 aliphatic heterocycles. The number of imide groups is 1. The fourth-order valence-electron chi connectivity index (χ4n) is 3.60. The van der Waals surface area contributed by atoms with E-state index in [0.717, 1.165) is 37.4 Å². The number of fused-ring (bicyclic) bond motifs is 1. The summed E-state index contributed by atoms with van der Waals surface area (Å²) in [7, 11) is 0.